The van der Waals surface area contributed by atoms with Gasteiger partial charge >= 0.3 is 5.97 Å². The van der Waals surface area contributed by atoms with Crippen molar-refractivity contribution in [1.82, 2.24) is 4.72 Å². The molecule has 0 amide bonds. The van der Waals surface area contributed by atoms with Crippen molar-refractivity contribution < 1.29 is 22.7 Å². The number of aromatic carboxylic acids is 1. The summed E-state index contributed by atoms with van der Waals surface area (Å²) < 4.78 is 31.0. The molecule has 2 aromatic rings. The molecule has 0 aliphatic rings. The largest absolute Gasteiger partial charge is 0.478 e. The molecule has 1 aromatic carbocycles. The molecule has 0 radical (unpaired) electrons. The number of carboxylic acids is 1. The van der Waals surface area contributed by atoms with Gasteiger partial charge in [-0.2, -0.15) is 0 Å². The number of hydrogen-bond donors (Lipinski definition) is 2. The van der Waals surface area contributed by atoms with Crippen LogP contribution in [0.5, 0.6) is 0 Å². The van der Waals surface area contributed by atoms with Crippen molar-refractivity contribution >= 4 is 16.0 Å². The van der Waals surface area contributed by atoms with Crippen LogP contribution in [0, 0.1) is 0 Å². The van der Waals surface area contributed by atoms with Crippen LogP contribution in [-0.4, -0.2) is 19.5 Å². The number of carbonyl (C=O) groups is 1. The molecule has 2 rings (SSSR count). The van der Waals surface area contributed by atoms with E-state index in [-0.39, 0.29) is 17.9 Å². The average Bonchev–Trinajstić information content (AvgIpc) is 2.89. The van der Waals surface area contributed by atoms with Gasteiger partial charge in [-0.1, -0.05) is 12.1 Å². The maximum absolute atomic E-state index is 11.9. The lowest BCUT2D eigenvalue weighted by atomic mass is 10.1. The van der Waals surface area contributed by atoms with Crippen molar-refractivity contribution in [1.29, 1.82) is 0 Å². The van der Waals surface area contributed by atoms with Crippen molar-refractivity contribution in [3.05, 3.63) is 59.5 Å². The standard InChI is InChI=1S/C13H13NO5S/c15-13(16)12-3-1-2-10(6-12)9-20(17,18)14-7-11-4-5-19-8-11/h1-6,8,14H,7,9H2,(H,15,16). The summed E-state index contributed by atoms with van der Waals surface area (Å²) in [6, 6.07) is 7.51. The van der Waals surface area contributed by atoms with Crippen LogP contribution in [0.3, 0.4) is 0 Å². The van der Waals surface area contributed by atoms with Gasteiger partial charge in [-0.25, -0.2) is 17.9 Å². The number of carboxylic acid groups (broad SMARTS) is 1. The molecule has 2 N–H and O–H groups in total. The Labute approximate surface area is 116 Å². The lowest BCUT2D eigenvalue weighted by Crippen LogP contribution is -2.24. The number of hydrogen-bond acceptors (Lipinski definition) is 4. The molecule has 7 heteroatoms. The van der Waals surface area contributed by atoms with E-state index in [0.717, 1.165) is 0 Å². The molecule has 0 spiro atoms. The summed E-state index contributed by atoms with van der Waals surface area (Å²) in [7, 11) is -3.54. The quantitative estimate of drug-likeness (QED) is 0.843. The van der Waals surface area contributed by atoms with Crippen LogP contribution in [0.4, 0.5) is 0 Å². The topological polar surface area (TPSA) is 96.6 Å². The first-order valence-corrected chi connectivity index (χ1v) is 7.42. The highest BCUT2D eigenvalue weighted by molar-refractivity contribution is 7.88. The molecule has 6 nitrogen and oxygen atoms in total. The SMILES string of the molecule is O=C(O)c1cccc(CS(=O)(=O)NCc2ccoc2)c1. The van der Waals surface area contributed by atoms with Crippen LogP contribution in [-0.2, 0) is 22.3 Å². The summed E-state index contributed by atoms with van der Waals surface area (Å²) in [4.78, 5) is 10.8. The van der Waals surface area contributed by atoms with Crippen molar-refractivity contribution in [2.45, 2.75) is 12.3 Å². The monoisotopic (exact) mass is 295 g/mol. The second-order valence-electron chi connectivity index (χ2n) is 4.22. The molecular formula is C13H13NO5S. The Morgan fingerprint density at radius 1 is 1.25 bits per heavy atom. The molecule has 0 unspecified atom stereocenters. The van der Waals surface area contributed by atoms with Gasteiger partial charge in [0.15, 0.2) is 0 Å². The summed E-state index contributed by atoms with van der Waals surface area (Å²) in [5, 5.41) is 8.86. The van der Waals surface area contributed by atoms with E-state index in [0.29, 0.717) is 11.1 Å². The first kappa shape index (κ1) is 14.3. The number of nitrogens with one attached hydrogen (secondary N) is 1. The summed E-state index contributed by atoms with van der Waals surface area (Å²) in [5.74, 6) is -1.36. The highest BCUT2D eigenvalue weighted by atomic mass is 32.2. The fourth-order valence-corrected chi connectivity index (χ4v) is 2.76. The van der Waals surface area contributed by atoms with Crippen LogP contribution >= 0.6 is 0 Å². The lowest BCUT2D eigenvalue weighted by molar-refractivity contribution is 0.0696. The molecule has 0 fully saturated rings. The van der Waals surface area contributed by atoms with E-state index in [1.165, 1.54) is 30.7 Å². The zero-order chi connectivity index (χ0) is 14.6. The van der Waals surface area contributed by atoms with Crippen molar-refractivity contribution in [2.24, 2.45) is 0 Å². The normalized spacial score (nSPS) is 11.4. The maximum atomic E-state index is 11.9. The molecule has 0 atom stereocenters. The summed E-state index contributed by atoms with van der Waals surface area (Å²) >= 11 is 0. The van der Waals surface area contributed by atoms with Gasteiger partial charge in [0.25, 0.3) is 0 Å². The van der Waals surface area contributed by atoms with Crippen LogP contribution < -0.4 is 4.72 Å². The van der Waals surface area contributed by atoms with Gasteiger partial charge in [0, 0.05) is 12.1 Å². The Bertz CT molecular complexity index is 691. The van der Waals surface area contributed by atoms with E-state index >= 15 is 0 Å². The molecular weight excluding hydrogens is 282 g/mol. The minimum Gasteiger partial charge on any atom is -0.478 e. The van der Waals surface area contributed by atoms with Gasteiger partial charge in [0.05, 0.1) is 23.8 Å². The lowest BCUT2D eigenvalue weighted by Gasteiger charge is -2.06. The van der Waals surface area contributed by atoms with Gasteiger partial charge in [0.2, 0.25) is 10.0 Å². The predicted octanol–water partition coefficient (Wildman–Crippen LogP) is 1.60. The summed E-state index contributed by atoms with van der Waals surface area (Å²) in [5.41, 5.74) is 1.20. The van der Waals surface area contributed by atoms with Gasteiger partial charge in [0.1, 0.15) is 0 Å². The highest BCUT2D eigenvalue weighted by Crippen LogP contribution is 2.09. The Hall–Kier alpha value is -2.12. The third-order valence-electron chi connectivity index (χ3n) is 2.61. The molecule has 0 saturated heterocycles. The average molecular weight is 295 g/mol. The van der Waals surface area contributed by atoms with Gasteiger partial charge < -0.3 is 9.52 Å². The smallest absolute Gasteiger partial charge is 0.335 e. The zero-order valence-electron chi connectivity index (χ0n) is 10.4. The maximum Gasteiger partial charge on any atom is 0.335 e. The van der Waals surface area contributed by atoms with E-state index in [4.69, 9.17) is 9.52 Å². The molecule has 20 heavy (non-hydrogen) atoms. The Morgan fingerprint density at radius 2 is 2.05 bits per heavy atom. The van der Waals surface area contributed by atoms with E-state index in [9.17, 15) is 13.2 Å². The Kier molecular flexibility index (Phi) is 4.21. The van der Waals surface area contributed by atoms with Crippen LogP contribution in [0.2, 0.25) is 0 Å². The third-order valence-corrected chi connectivity index (χ3v) is 3.90. The highest BCUT2D eigenvalue weighted by Gasteiger charge is 2.13. The Balaban J connectivity index is 2.04. The fourth-order valence-electron chi connectivity index (χ4n) is 1.65. The van der Waals surface area contributed by atoms with Gasteiger partial charge in [-0.15, -0.1) is 0 Å². The molecule has 0 aliphatic carbocycles. The number of sulfonamides is 1. The van der Waals surface area contributed by atoms with Crippen molar-refractivity contribution in [3.63, 3.8) is 0 Å². The van der Waals surface area contributed by atoms with E-state index in [1.54, 1.807) is 12.1 Å². The predicted molar refractivity (Wildman–Crippen MR) is 71.6 cm³/mol. The summed E-state index contributed by atoms with van der Waals surface area (Å²) in [6.45, 7) is 0.136. The molecule has 106 valence electrons. The minimum absolute atomic E-state index is 0.0625. The second-order valence-corrected chi connectivity index (χ2v) is 6.02. The number of furan rings is 1. The van der Waals surface area contributed by atoms with E-state index in [2.05, 4.69) is 4.72 Å². The third kappa shape index (κ3) is 3.94. The number of rotatable bonds is 6. The minimum atomic E-state index is -3.54. The van der Waals surface area contributed by atoms with Gasteiger partial charge in [-0.3, -0.25) is 0 Å². The van der Waals surface area contributed by atoms with Crippen molar-refractivity contribution in [3.8, 4) is 0 Å². The fraction of sp³-hybridized carbons (Fsp3) is 0.154. The van der Waals surface area contributed by atoms with E-state index < -0.39 is 16.0 Å². The van der Waals surface area contributed by atoms with Crippen LogP contribution in [0.15, 0.2) is 47.3 Å². The molecule has 1 aromatic heterocycles. The zero-order valence-corrected chi connectivity index (χ0v) is 11.3. The van der Waals surface area contributed by atoms with E-state index in [1.807, 2.05) is 0 Å². The van der Waals surface area contributed by atoms with Crippen LogP contribution in [0.1, 0.15) is 21.5 Å². The second kappa shape index (κ2) is 5.89. The molecule has 0 aliphatic heterocycles. The first-order valence-electron chi connectivity index (χ1n) is 5.77. The Morgan fingerprint density at radius 3 is 2.70 bits per heavy atom. The summed E-state index contributed by atoms with van der Waals surface area (Å²) in [6.07, 6.45) is 2.91. The van der Waals surface area contributed by atoms with Gasteiger partial charge in [-0.05, 0) is 23.8 Å². The number of benzene rings is 1. The van der Waals surface area contributed by atoms with Crippen LogP contribution in [0.25, 0.3) is 0 Å². The molecule has 0 saturated carbocycles. The molecule has 1 heterocycles. The molecule has 0 bridgehead atoms. The van der Waals surface area contributed by atoms with Crippen molar-refractivity contribution in [2.75, 3.05) is 0 Å². The first-order chi connectivity index (χ1) is 9.46.